The van der Waals surface area contributed by atoms with Crippen molar-refractivity contribution in [1.29, 1.82) is 0 Å². The molecule has 2 aliphatic rings. The van der Waals surface area contributed by atoms with Crippen molar-refractivity contribution in [2.24, 2.45) is 0 Å². The first kappa shape index (κ1) is 36.8. The predicted molar refractivity (Wildman–Crippen MR) is 269 cm³/mol. The molecule has 64 heavy (non-hydrogen) atoms. The van der Waals surface area contributed by atoms with Crippen LogP contribution in [0.2, 0.25) is 0 Å². The van der Waals surface area contributed by atoms with Gasteiger partial charge in [-0.25, -0.2) is 0 Å². The van der Waals surface area contributed by atoms with E-state index in [1.54, 1.807) is 0 Å². The summed E-state index contributed by atoms with van der Waals surface area (Å²) >= 11 is 1.88. The summed E-state index contributed by atoms with van der Waals surface area (Å²) in [7, 11) is 0. The second-order valence-electron chi connectivity index (χ2n) is 17.1. The maximum atomic E-state index is 2.55. The minimum atomic E-state index is -0.519. The second-order valence-corrected chi connectivity index (χ2v) is 18.1. The van der Waals surface area contributed by atoms with Gasteiger partial charge in [0, 0.05) is 26.7 Å². The zero-order chi connectivity index (χ0) is 42.2. The van der Waals surface area contributed by atoms with E-state index in [1.165, 1.54) is 92.6 Å². The van der Waals surface area contributed by atoms with Crippen LogP contribution in [0.15, 0.2) is 249 Å². The number of nitrogens with zero attached hydrogens (tertiary/aromatic N) is 1. The van der Waals surface area contributed by atoms with Crippen LogP contribution in [-0.2, 0) is 10.8 Å². The number of anilines is 3. The smallest absolute Gasteiger partial charge is 0.0714 e. The van der Waals surface area contributed by atoms with E-state index in [4.69, 9.17) is 0 Å². The lowest BCUT2D eigenvalue weighted by atomic mass is 9.67. The van der Waals surface area contributed by atoms with E-state index < -0.39 is 10.8 Å². The van der Waals surface area contributed by atoms with E-state index in [-0.39, 0.29) is 0 Å². The Hall–Kier alpha value is -7.78. The van der Waals surface area contributed by atoms with Crippen molar-refractivity contribution in [3.63, 3.8) is 0 Å². The van der Waals surface area contributed by atoms with Gasteiger partial charge in [-0.15, -0.1) is 11.3 Å². The van der Waals surface area contributed by atoms with Crippen LogP contribution in [0.5, 0.6) is 0 Å². The van der Waals surface area contributed by atoms with Crippen LogP contribution in [-0.4, -0.2) is 0 Å². The molecule has 2 heteroatoms. The molecule has 0 spiro atoms. The number of hydrogen-bond donors (Lipinski definition) is 0. The van der Waals surface area contributed by atoms with Gasteiger partial charge in [-0.2, -0.15) is 0 Å². The van der Waals surface area contributed by atoms with Crippen LogP contribution in [0, 0.1) is 0 Å². The van der Waals surface area contributed by atoms with E-state index in [0.717, 1.165) is 11.4 Å². The molecule has 0 N–H and O–H groups in total. The lowest BCUT2D eigenvalue weighted by Crippen LogP contribution is -2.28. The molecule has 0 aliphatic heterocycles. The van der Waals surface area contributed by atoms with Crippen LogP contribution in [0.1, 0.15) is 44.5 Å². The lowest BCUT2D eigenvalue weighted by Gasteiger charge is -2.35. The topological polar surface area (TPSA) is 3.24 Å². The third-order valence-electron chi connectivity index (χ3n) is 14.0. The minimum Gasteiger partial charge on any atom is -0.308 e. The number of benzene rings is 10. The van der Waals surface area contributed by atoms with Gasteiger partial charge < -0.3 is 4.90 Å². The molecule has 300 valence electrons. The fourth-order valence-corrected chi connectivity index (χ4v) is 12.8. The molecule has 0 saturated heterocycles. The molecule has 0 atom stereocenters. The standard InChI is InChI=1S/C62H41NS/c1-4-20-42(21-5-1)61(52-31-14-10-26-47(52)48-27-11-15-32-53(48)61)45-38-40-46(41-39-45)63(57-36-18-30-50-49-28-13-17-37-58(49)64-60(50)57)56-35-19-34-55-59(56)51-29-12-16-33-54(51)62(55,43-22-6-2-7-23-43)44-24-8-3-9-25-44/h1-41H. The second kappa shape index (κ2) is 14.4. The van der Waals surface area contributed by atoms with Gasteiger partial charge in [0.1, 0.15) is 0 Å². The predicted octanol–water partition coefficient (Wildman–Crippen LogP) is 16.3. The number of rotatable bonds is 7. The SMILES string of the molecule is c1ccc(C2(c3ccc(N(c4cccc5c4-c4ccccc4C5(c4ccccc4)c4ccccc4)c4cccc5c4sc4ccccc45)cc3)c3ccccc3-c3ccccc32)cc1. The molecule has 2 aliphatic carbocycles. The Morgan fingerprint density at radius 3 is 1.33 bits per heavy atom. The zero-order valence-corrected chi connectivity index (χ0v) is 35.8. The third-order valence-corrected chi connectivity index (χ3v) is 15.3. The van der Waals surface area contributed by atoms with Crippen LogP contribution < -0.4 is 4.90 Å². The molecule has 1 heterocycles. The normalized spacial score (nSPS) is 13.9. The van der Waals surface area contributed by atoms with Crippen LogP contribution >= 0.6 is 11.3 Å². The van der Waals surface area contributed by atoms with Crippen LogP contribution in [0.25, 0.3) is 42.4 Å². The molecule has 13 rings (SSSR count). The molecule has 0 amide bonds. The first-order valence-corrected chi connectivity index (χ1v) is 23.0. The summed E-state index contributed by atoms with van der Waals surface area (Å²) in [6.07, 6.45) is 0. The molecule has 10 aromatic carbocycles. The highest BCUT2D eigenvalue weighted by Crippen LogP contribution is 2.61. The fourth-order valence-electron chi connectivity index (χ4n) is 11.5. The van der Waals surface area contributed by atoms with Crippen molar-refractivity contribution in [2.45, 2.75) is 10.8 Å². The van der Waals surface area contributed by atoms with Gasteiger partial charge in [0.05, 0.1) is 26.9 Å². The van der Waals surface area contributed by atoms with Crippen LogP contribution in [0.3, 0.4) is 0 Å². The Morgan fingerprint density at radius 1 is 0.297 bits per heavy atom. The van der Waals surface area contributed by atoms with E-state index in [9.17, 15) is 0 Å². The fraction of sp³-hybridized carbons (Fsp3) is 0.0323. The van der Waals surface area contributed by atoms with E-state index in [1.807, 2.05) is 11.3 Å². The van der Waals surface area contributed by atoms with E-state index in [0.29, 0.717) is 0 Å². The molecule has 0 radical (unpaired) electrons. The van der Waals surface area contributed by atoms with Gasteiger partial charge in [-0.05, 0) is 91.5 Å². The van der Waals surface area contributed by atoms with Crippen molar-refractivity contribution in [1.82, 2.24) is 0 Å². The van der Waals surface area contributed by atoms with Gasteiger partial charge in [0.2, 0.25) is 0 Å². The highest BCUT2D eigenvalue weighted by Gasteiger charge is 2.48. The van der Waals surface area contributed by atoms with Crippen molar-refractivity contribution < 1.29 is 0 Å². The number of thiophene rings is 1. The van der Waals surface area contributed by atoms with E-state index in [2.05, 4.69) is 254 Å². The van der Waals surface area contributed by atoms with Gasteiger partial charge >= 0.3 is 0 Å². The molecular weight excluding hydrogens is 791 g/mol. The van der Waals surface area contributed by atoms with Crippen molar-refractivity contribution in [3.8, 4) is 22.3 Å². The molecular formula is C62H41NS. The lowest BCUT2D eigenvalue weighted by molar-refractivity contribution is 0.768. The maximum absolute atomic E-state index is 2.55. The molecule has 1 nitrogen and oxygen atoms in total. The highest BCUT2D eigenvalue weighted by atomic mass is 32.1. The molecule has 0 bridgehead atoms. The Bertz CT molecular complexity index is 3470. The Balaban J connectivity index is 1.10. The molecule has 0 fully saturated rings. The summed E-state index contributed by atoms with van der Waals surface area (Å²) in [4.78, 5) is 2.55. The van der Waals surface area contributed by atoms with Gasteiger partial charge in [0.15, 0.2) is 0 Å². The third kappa shape index (κ3) is 5.06. The van der Waals surface area contributed by atoms with Crippen molar-refractivity contribution in [2.75, 3.05) is 4.90 Å². The zero-order valence-electron chi connectivity index (χ0n) is 35.0. The molecule has 1 aromatic heterocycles. The van der Waals surface area contributed by atoms with Crippen molar-refractivity contribution in [3.05, 3.63) is 293 Å². The average molecular weight is 832 g/mol. The molecule has 0 saturated carbocycles. The quantitative estimate of drug-likeness (QED) is 0.155. The van der Waals surface area contributed by atoms with E-state index >= 15 is 0 Å². The number of fused-ring (bicyclic) bond motifs is 9. The Labute approximate surface area is 377 Å². The van der Waals surface area contributed by atoms with Crippen molar-refractivity contribution >= 4 is 48.6 Å². The summed E-state index contributed by atoms with van der Waals surface area (Å²) in [6.45, 7) is 0. The maximum Gasteiger partial charge on any atom is 0.0714 e. The number of hydrogen-bond acceptors (Lipinski definition) is 2. The summed E-state index contributed by atoms with van der Waals surface area (Å²) in [6, 6.07) is 92.6. The Kier molecular flexibility index (Phi) is 8.28. The first-order chi connectivity index (χ1) is 31.8. The summed E-state index contributed by atoms with van der Waals surface area (Å²) in [5.74, 6) is 0. The monoisotopic (exact) mass is 831 g/mol. The van der Waals surface area contributed by atoms with Gasteiger partial charge in [0.25, 0.3) is 0 Å². The highest BCUT2D eigenvalue weighted by molar-refractivity contribution is 7.26. The molecule has 11 aromatic rings. The first-order valence-electron chi connectivity index (χ1n) is 22.2. The summed E-state index contributed by atoms with van der Waals surface area (Å²) in [5.41, 5.74) is 17.8. The Morgan fingerprint density at radius 2 is 0.719 bits per heavy atom. The minimum absolute atomic E-state index is 0.485. The van der Waals surface area contributed by atoms with Gasteiger partial charge in [-0.1, -0.05) is 218 Å². The summed E-state index contributed by atoms with van der Waals surface area (Å²) < 4.78 is 2.56. The van der Waals surface area contributed by atoms with Gasteiger partial charge in [-0.3, -0.25) is 0 Å². The largest absolute Gasteiger partial charge is 0.308 e. The molecule has 0 unspecified atom stereocenters. The summed E-state index contributed by atoms with van der Waals surface area (Å²) in [5, 5.41) is 2.57. The average Bonchev–Trinajstić information content (AvgIpc) is 4.01. The van der Waals surface area contributed by atoms with Crippen LogP contribution in [0.4, 0.5) is 17.1 Å².